The van der Waals surface area contributed by atoms with Gasteiger partial charge in [0.05, 0.1) is 24.3 Å². The predicted molar refractivity (Wildman–Crippen MR) is 95.4 cm³/mol. The Morgan fingerprint density at radius 3 is 2.71 bits per heavy atom. The zero-order valence-electron chi connectivity index (χ0n) is 15.3. The number of hydrogen-bond acceptors (Lipinski definition) is 5. The van der Waals surface area contributed by atoms with E-state index in [0.717, 1.165) is 23.2 Å². The predicted octanol–water partition coefficient (Wildman–Crippen LogP) is 3.30. The highest BCUT2D eigenvalue weighted by Crippen LogP contribution is 2.40. The van der Waals surface area contributed by atoms with Gasteiger partial charge in [0.1, 0.15) is 5.60 Å². The Labute approximate surface area is 161 Å². The Balaban J connectivity index is 1.53. The first-order valence-electron chi connectivity index (χ1n) is 9.47. The molecule has 2 fully saturated rings. The molecule has 6 nitrogen and oxygen atoms in total. The molecule has 0 amide bonds. The van der Waals surface area contributed by atoms with Gasteiger partial charge in [0, 0.05) is 18.9 Å². The highest BCUT2D eigenvalue weighted by Gasteiger charge is 2.40. The topological polar surface area (TPSA) is 77.0 Å². The molecule has 152 valence electrons. The quantitative estimate of drug-likeness (QED) is 0.797. The summed E-state index contributed by atoms with van der Waals surface area (Å²) in [6, 6.07) is 7.47. The monoisotopic (exact) mass is 395 g/mol. The van der Waals surface area contributed by atoms with Gasteiger partial charge < -0.3 is 14.6 Å². The van der Waals surface area contributed by atoms with Crippen LogP contribution in [0, 0.1) is 5.92 Å². The fourth-order valence-electron chi connectivity index (χ4n) is 4.30. The molecule has 4 rings (SSSR count). The van der Waals surface area contributed by atoms with Crippen molar-refractivity contribution in [1.82, 2.24) is 5.48 Å². The lowest BCUT2D eigenvalue weighted by molar-refractivity contribution is -0.179. The average Bonchev–Trinajstić information content (AvgIpc) is 3.32. The fourth-order valence-corrected chi connectivity index (χ4v) is 4.30. The number of aliphatic carboxylic acids is 1. The summed E-state index contributed by atoms with van der Waals surface area (Å²) in [6.07, 6.45) is 3.05. The van der Waals surface area contributed by atoms with Crippen LogP contribution in [0.1, 0.15) is 42.7 Å². The standard InChI is InChI=1S/C20H23F2NO5/c21-19(22)27-17-6-5-14(18(24)25)9-15(17)12-1-3-13(4-2-12)16-10-20(28-23-16)7-8-26-11-20/h1-4,10,14-15,17,19,23H,5-9,11H2,(H,24,25). The van der Waals surface area contributed by atoms with Gasteiger partial charge >= 0.3 is 12.6 Å². The number of hydroxylamine groups is 1. The largest absolute Gasteiger partial charge is 0.481 e. The van der Waals surface area contributed by atoms with E-state index in [1.165, 1.54) is 0 Å². The second-order valence-corrected chi connectivity index (χ2v) is 7.64. The van der Waals surface area contributed by atoms with E-state index >= 15 is 0 Å². The first-order chi connectivity index (χ1) is 13.5. The van der Waals surface area contributed by atoms with Crippen LogP contribution in [0.5, 0.6) is 0 Å². The maximum atomic E-state index is 12.8. The molecule has 1 saturated carbocycles. The van der Waals surface area contributed by atoms with Crippen molar-refractivity contribution in [2.75, 3.05) is 13.2 Å². The number of ether oxygens (including phenoxy) is 2. The second kappa shape index (κ2) is 7.77. The van der Waals surface area contributed by atoms with Crippen LogP contribution < -0.4 is 5.48 Å². The van der Waals surface area contributed by atoms with E-state index in [9.17, 15) is 18.7 Å². The SMILES string of the molecule is O=C(O)C1CCC(OC(F)F)C(c2ccc(C3=CC4(CCOC4)ON3)cc2)C1. The summed E-state index contributed by atoms with van der Waals surface area (Å²) in [5, 5.41) is 9.33. The number of carboxylic acids is 1. The van der Waals surface area contributed by atoms with Crippen LogP contribution in [0.15, 0.2) is 30.3 Å². The molecule has 8 heteroatoms. The molecule has 3 aliphatic rings. The minimum Gasteiger partial charge on any atom is -0.481 e. The van der Waals surface area contributed by atoms with Crippen molar-refractivity contribution in [2.24, 2.45) is 5.92 Å². The van der Waals surface area contributed by atoms with E-state index in [4.69, 9.17) is 14.3 Å². The molecule has 2 N–H and O–H groups in total. The van der Waals surface area contributed by atoms with Crippen molar-refractivity contribution >= 4 is 11.7 Å². The third-order valence-electron chi connectivity index (χ3n) is 5.85. The molecule has 0 bridgehead atoms. The molecule has 4 atom stereocenters. The molecule has 0 aromatic heterocycles. The first kappa shape index (κ1) is 19.3. The van der Waals surface area contributed by atoms with Crippen LogP contribution in [-0.4, -0.2) is 42.6 Å². The van der Waals surface area contributed by atoms with E-state index in [1.54, 1.807) is 0 Å². The summed E-state index contributed by atoms with van der Waals surface area (Å²) >= 11 is 0. The molecule has 1 aliphatic carbocycles. The summed E-state index contributed by atoms with van der Waals surface area (Å²) in [5.41, 5.74) is 5.06. The molecular formula is C20H23F2NO5. The lowest BCUT2D eigenvalue weighted by Crippen LogP contribution is -2.34. The Bertz CT molecular complexity index is 745. The van der Waals surface area contributed by atoms with Gasteiger partial charge in [0.25, 0.3) is 0 Å². The van der Waals surface area contributed by atoms with E-state index in [0.29, 0.717) is 26.1 Å². The lowest BCUT2D eigenvalue weighted by Gasteiger charge is -2.34. The van der Waals surface area contributed by atoms with Crippen LogP contribution in [0.25, 0.3) is 5.70 Å². The minimum atomic E-state index is -2.87. The van der Waals surface area contributed by atoms with E-state index < -0.39 is 30.2 Å². The fraction of sp³-hybridized carbons (Fsp3) is 0.550. The third kappa shape index (κ3) is 3.90. The lowest BCUT2D eigenvalue weighted by atomic mass is 9.76. The average molecular weight is 395 g/mol. The van der Waals surface area contributed by atoms with Crippen molar-refractivity contribution in [3.05, 3.63) is 41.5 Å². The summed E-state index contributed by atoms with van der Waals surface area (Å²) in [6.45, 7) is -1.71. The Morgan fingerprint density at radius 2 is 2.07 bits per heavy atom. The van der Waals surface area contributed by atoms with Gasteiger partial charge in [-0.2, -0.15) is 8.78 Å². The number of benzene rings is 1. The maximum absolute atomic E-state index is 12.8. The Hall–Kier alpha value is -2.03. The molecule has 28 heavy (non-hydrogen) atoms. The maximum Gasteiger partial charge on any atom is 0.345 e. The summed E-state index contributed by atoms with van der Waals surface area (Å²) in [5.74, 6) is -1.81. The van der Waals surface area contributed by atoms with Gasteiger partial charge in [-0.3, -0.25) is 15.1 Å². The third-order valence-corrected chi connectivity index (χ3v) is 5.85. The molecule has 4 unspecified atom stereocenters. The number of halogens is 2. The van der Waals surface area contributed by atoms with Crippen molar-refractivity contribution in [1.29, 1.82) is 0 Å². The van der Waals surface area contributed by atoms with Crippen LogP contribution in [0.2, 0.25) is 0 Å². The summed E-state index contributed by atoms with van der Waals surface area (Å²) in [7, 11) is 0. The van der Waals surface area contributed by atoms with Gasteiger partial charge in [-0.05, 0) is 36.5 Å². The molecule has 0 radical (unpaired) electrons. The molecular weight excluding hydrogens is 372 g/mol. The van der Waals surface area contributed by atoms with Gasteiger partial charge in [-0.25, -0.2) is 0 Å². The van der Waals surface area contributed by atoms with Crippen molar-refractivity contribution in [3.63, 3.8) is 0 Å². The van der Waals surface area contributed by atoms with E-state index in [1.807, 2.05) is 30.3 Å². The number of nitrogens with one attached hydrogen (secondary N) is 1. The molecule has 1 aromatic carbocycles. The highest BCUT2D eigenvalue weighted by molar-refractivity contribution is 5.70. The number of carbonyl (C=O) groups is 1. The Kier molecular flexibility index (Phi) is 5.35. The zero-order chi connectivity index (χ0) is 19.7. The van der Waals surface area contributed by atoms with Gasteiger partial charge in [0.15, 0.2) is 0 Å². The molecule has 1 aromatic rings. The smallest absolute Gasteiger partial charge is 0.345 e. The van der Waals surface area contributed by atoms with Crippen molar-refractivity contribution in [3.8, 4) is 0 Å². The second-order valence-electron chi connectivity index (χ2n) is 7.64. The summed E-state index contributed by atoms with van der Waals surface area (Å²) < 4.78 is 35.8. The molecule has 1 spiro atoms. The number of rotatable bonds is 5. The summed E-state index contributed by atoms with van der Waals surface area (Å²) in [4.78, 5) is 17.1. The van der Waals surface area contributed by atoms with E-state index in [2.05, 4.69) is 5.48 Å². The van der Waals surface area contributed by atoms with Crippen LogP contribution in [0.4, 0.5) is 8.78 Å². The number of alkyl halides is 2. The van der Waals surface area contributed by atoms with Gasteiger partial charge in [-0.1, -0.05) is 24.3 Å². The van der Waals surface area contributed by atoms with Gasteiger partial charge in [-0.15, -0.1) is 0 Å². The van der Waals surface area contributed by atoms with Crippen LogP contribution in [0.3, 0.4) is 0 Å². The molecule has 2 aliphatic heterocycles. The van der Waals surface area contributed by atoms with E-state index in [-0.39, 0.29) is 12.3 Å². The Morgan fingerprint density at radius 1 is 1.29 bits per heavy atom. The first-order valence-corrected chi connectivity index (χ1v) is 9.47. The minimum absolute atomic E-state index is 0.288. The molecule has 1 saturated heterocycles. The van der Waals surface area contributed by atoms with Crippen molar-refractivity contribution < 1.29 is 33.0 Å². The van der Waals surface area contributed by atoms with Crippen molar-refractivity contribution in [2.45, 2.75) is 49.9 Å². The number of carboxylic acid groups (broad SMARTS) is 1. The van der Waals surface area contributed by atoms with Crippen LogP contribution in [-0.2, 0) is 19.1 Å². The molecule has 2 heterocycles. The normalized spacial score (nSPS) is 32.5. The van der Waals surface area contributed by atoms with Crippen LogP contribution >= 0.6 is 0 Å². The highest BCUT2D eigenvalue weighted by atomic mass is 19.3. The zero-order valence-corrected chi connectivity index (χ0v) is 15.3. The number of hydrogen-bond donors (Lipinski definition) is 2. The van der Waals surface area contributed by atoms with Gasteiger partial charge in [0.2, 0.25) is 0 Å².